The summed E-state index contributed by atoms with van der Waals surface area (Å²) >= 11 is 0. The van der Waals surface area contributed by atoms with Gasteiger partial charge in [-0.2, -0.15) is 0 Å². The topological polar surface area (TPSA) is 75.3 Å². The van der Waals surface area contributed by atoms with Crippen molar-refractivity contribution in [3.05, 3.63) is 59.7 Å². The van der Waals surface area contributed by atoms with Gasteiger partial charge in [-0.3, -0.25) is 4.79 Å². The molecule has 0 spiro atoms. The zero-order valence-corrected chi connectivity index (χ0v) is 15.6. The number of amides is 1. The van der Waals surface area contributed by atoms with Crippen LogP contribution < -0.4 is 10.0 Å². The van der Waals surface area contributed by atoms with E-state index >= 15 is 0 Å². The van der Waals surface area contributed by atoms with E-state index in [9.17, 15) is 13.2 Å². The number of carbonyl (C=O) groups excluding carboxylic acids is 1. The number of aryl methyl sites for hydroxylation is 1. The lowest BCUT2D eigenvalue weighted by Crippen LogP contribution is -2.22. The maximum atomic E-state index is 12.7. The summed E-state index contributed by atoms with van der Waals surface area (Å²) in [5.41, 5.74) is 2.05. The third-order valence-electron chi connectivity index (χ3n) is 4.11. The van der Waals surface area contributed by atoms with Crippen LogP contribution in [0.15, 0.2) is 53.4 Å². The van der Waals surface area contributed by atoms with Crippen LogP contribution in [-0.4, -0.2) is 21.4 Å². The van der Waals surface area contributed by atoms with Gasteiger partial charge in [0.1, 0.15) is 0 Å². The summed E-state index contributed by atoms with van der Waals surface area (Å²) in [5, 5.41) is 2.86. The van der Waals surface area contributed by atoms with E-state index < -0.39 is 10.0 Å². The molecule has 0 aliphatic heterocycles. The molecule has 0 aliphatic rings. The number of hydrogen-bond donors (Lipinski definition) is 2. The molecule has 2 N–H and O–H groups in total. The number of hydrogen-bond acceptors (Lipinski definition) is 3. The average molecular weight is 360 g/mol. The zero-order chi connectivity index (χ0) is 18.4. The Morgan fingerprint density at radius 2 is 1.80 bits per heavy atom. The van der Waals surface area contributed by atoms with Crippen LogP contribution in [0, 0.1) is 6.92 Å². The Labute approximate surface area is 149 Å². The normalized spacial score (nSPS) is 12.6. The molecule has 2 aromatic rings. The first kappa shape index (κ1) is 19.1. The molecule has 2 rings (SSSR count). The molecule has 0 saturated heterocycles. The first-order valence-corrected chi connectivity index (χ1v) is 9.77. The lowest BCUT2D eigenvalue weighted by Gasteiger charge is -2.17. The molecule has 0 saturated carbocycles. The molecule has 0 heterocycles. The lowest BCUT2D eigenvalue weighted by molar-refractivity contribution is -0.117. The maximum absolute atomic E-state index is 12.7. The fourth-order valence-corrected chi connectivity index (χ4v) is 3.72. The van der Waals surface area contributed by atoms with Crippen LogP contribution in [0.2, 0.25) is 0 Å². The van der Waals surface area contributed by atoms with Crippen molar-refractivity contribution in [3.63, 3.8) is 0 Å². The van der Waals surface area contributed by atoms with Gasteiger partial charge in [0, 0.05) is 5.69 Å². The highest BCUT2D eigenvalue weighted by atomic mass is 32.2. The highest BCUT2D eigenvalue weighted by Gasteiger charge is 2.21. The molecule has 0 aromatic heterocycles. The van der Waals surface area contributed by atoms with Gasteiger partial charge in [-0.25, -0.2) is 13.1 Å². The molecule has 0 radical (unpaired) electrons. The quantitative estimate of drug-likeness (QED) is 0.794. The van der Waals surface area contributed by atoms with Crippen molar-refractivity contribution in [3.8, 4) is 0 Å². The summed E-state index contributed by atoms with van der Waals surface area (Å²) in [5.74, 6) is -0.401. The minimum atomic E-state index is -3.57. The number of nitrogens with one attached hydrogen (secondary N) is 2. The molecular formula is C19H24N2O3S. The van der Waals surface area contributed by atoms with E-state index in [1.807, 2.05) is 37.3 Å². The Morgan fingerprint density at radius 1 is 1.12 bits per heavy atom. The monoisotopic (exact) mass is 360 g/mol. The smallest absolute Gasteiger partial charge is 0.240 e. The number of anilines is 1. The minimum absolute atomic E-state index is 0.135. The highest BCUT2D eigenvalue weighted by Crippen LogP contribution is 2.25. The molecule has 5 nitrogen and oxygen atoms in total. The van der Waals surface area contributed by atoms with Crippen LogP contribution >= 0.6 is 0 Å². The number of carbonyl (C=O) groups is 1. The van der Waals surface area contributed by atoms with Gasteiger partial charge in [0.05, 0.1) is 10.8 Å². The molecule has 1 amide bonds. The first-order valence-electron chi connectivity index (χ1n) is 8.29. The van der Waals surface area contributed by atoms with Crippen LogP contribution in [-0.2, 0) is 14.8 Å². The van der Waals surface area contributed by atoms with Gasteiger partial charge in [0.2, 0.25) is 15.9 Å². The maximum Gasteiger partial charge on any atom is 0.240 e. The van der Waals surface area contributed by atoms with E-state index in [-0.39, 0.29) is 16.7 Å². The summed E-state index contributed by atoms with van der Waals surface area (Å²) in [4.78, 5) is 12.9. The van der Waals surface area contributed by atoms with Crippen molar-refractivity contribution in [2.75, 3.05) is 12.4 Å². The molecule has 0 unspecified atom stereocenters. The van der Waals surface area contributed by atoms with E-state index in [0.717, 1.165) is 18.4 Å². The van der Waals surface area contributed by atoms with Crippen LogP contribution in [0.25, 0.3) is 0 Å². The Morgan fingerprint density at radius 3 is 2.40 bits per heavy atom. The molecular weight excluding hydrogens is 336 g/mol. The Balaban J connectivity index is 2.29. The lowest BCUT2D eigenvalue weighted by atomic mass is 9.93. The van der Waals surface area contributed by atoms with Crippen molar-refractivity contribution >= 4 is 21.6 Å². The molecule has 0 aliphatic carbocycles. The average Bonchev–Trinajstić information content (AvgIpc) is 2.61. The zero-order valence-electron chi connectivity index (χ0n) is 14.7. The van der Waals surface area contributed by atoms with Crippen molar-refractivity contribution < 1.29 is 13.2 Å². The van der Waals surface area contributed by atoms with Gasteiger partial charge in [-0.1, -0.05) is 49.7 Å². The van der Waals surface area contributed by atoms with Gasteiger partial charge in [0.25, 0.3) is 0 Å². The van der Waals surface area contributed by atoms with Crippen molar-refractivity contribution in [1.29, 1.82) is 0 Å². The van der Waals surface area contributed by atoms with Crippen molar-refractivity contribution in [1.82, 2.24) is 4.72 Å². The SMILES string of the molecule is CCC[C@@H](C(=O)Nc1ccc(C)c(S(=O)(=O)NC)c1)c1ccccc1. The standard InChI is InChI=1S/C19H24N2O3S/c1-4-8-17(15-9-6-5-7-10-15)19(22)21-16-12-11-14(2)18(13-16)25(23,24)20-3/h5-7,9-13,17,20H,4,8H2,1-3H3,(H,21,22)/t17-/m1/s1. The van der Waals surface area contributed by atoms with Crippen LogP contribution in [0.1, 0.15) is 36.8 Å². The first-order chi connectivity index (χ1) is 11.9. The summed E-state index contributed by atoms with van der Waals surface area (Å²) in [6.45, 7) is 3.76. The summed E-state index contributed by atoms with van der Waals surface area (Å²) in [6.07, 6.45) is 1.60. The van der Waals surface area contributed by atoms with E-state index in [2.05, 4.69) is 10.0 Å². The van der Waals surface area contributed by atoms with Gasteiger partial charge < -0.3 is 5.32 Å². The number of benzene rings is 2. The summed E-state index contributed by atoms with van der Waals surface area (Å²) < 4.78 is 26.5. The van der Waals surface area contributed by atoms with Gasteiger partial charge in [-0.15, -0.1) is 0 Å². The minimum Gasteiger partial charge on any atom is -0.326 e. The van der Waals surface area contributed by atoms with Crippen LogP contribution in [0.4, 0.5) is 5.69 Å². The van der Waals surface area contributed by atoms with E-state index in [0.29, 0.717) is 11.3 Å². The molecule has 0 fully saturated rings. The van der Waals surface area contributed by atoms with E-state index in [1.165, 1.54) is 13.1 Å². The Hall–Kier alpha value is -2.18. The summed E-state index contributed by atoms with van der Waals surface area (Å²) in [6, 6.07) is 14.5. The second kappa shape index (κ2) is 8.27. The third kappa shape index (κ3) is 4.67. The third-order valence-corrected chi connectivity index (χ3v) is 5.67. The fourth-order valence-electron chi connectivity index (χ4n) is 2.73. The molecule has 0 bridgehead atoms. The van der Waals surface area contributed by atoms with Crippen molar-refractivity contribution in [2.45, 2.75) is 37.5 Å². The molecule has 25 heavy (non-hydrogen) atoms. The predicted octanol–water partition coefficient (Wildman–Crippen LogP) is 3.43. The molecule has 6 heteroatoms. The Bertz CT molecular complexity index is 833. The fraction of sp³-hybridized carbons (Fsp3) is 0.316. The van der Waals surface area contributed by atoms with Crippen molar-refractivity contribution in [2.24, 2.45) is 0 Å². The van der Waals surface area contributed by atoms with Crippen LogP contribution in [0.5, 0.6) is 0 Å². The van der Waals surface area contributed by atoms with Crippen LogP contribution in [0.3, 0.4) is 0 Å². The highest BCUT2D eigenvalue weighted by molar-refractivity contribution is 7.89. The van der Waals surface area contributed by atoms with Gasteiger partial charge >= 0.3 is 0 Å². The van der Waals surface area contributed by atoms with Gasteiger partial charge in [-0.05, 0) is 43.7 Å². The number of sulfonamides is 1. The Kier molecular flexibility index (Phi) is 6.33. The second-order valence-corrected chi connectivity index (χ2v) is 7.78. The van der Waals surface area contributed by atoms with E-state index in [1.54, 1.807) is 19.1 Å². The summed E-state index contributed by atoms with van der Waals surface area (Å²) in [7, 11) is -2.20. The largest absolute Gasteiger partial charge is 0.326 e. The van der Waals surface area contributed by atoms with E-state index in [4.69, 9.17) is 0 Å². The molecule has 2 aromatic carbocycles. The molecule has 1 atom stereocenters. The second-order valence-electron chi connectivity index (χ2n) is 5.93. The number of rotatable bonds is 7. The predicted molar refractivity (Wildman–Crippen MR) is 100 cm³/mol. The van der Waals surface area contributed by atoms with Gasteiger partial charge in [0.15, 0.2) is 0 Å². The molecule has 134 valence electrons.